The number of sulfonamides is 1. The highest BCUT2D eigenvalue weighted by molar-refractivity contribution is 7.89. The number of halogens is 3. The first-order valence-electron chi connectivity index (χ1n) is 13.9. The molecule has 0 saturated carbocycles. The Balaban J connectivity index is 1.45. The van der Waals surface area contributed by atoms with Crippen LogP contribution in [0.3, 0.4) is 0 Å². The van der Waals surface area contributed by atoms with Crippen molar-refractivity contribution in [2.24, 2.45) is 0 Å². The van der Waals surface area contributed by atoms with Crippen molar-refractivity contribution in [3.05, 3.63) is 82.7 Å². The van der Waals surface area contributed by atoms with E-state index in [2.05, 4.69) is 66.2 Å². The Hall–Kier alpha value is -2.79. The third kappa shape index (κ3) is 5.67. The van der Waals surface area contributed by atoms with Gasteiger partial charge in [-0.3, -0.25) is 4.90 Å². The average Bonchev–Trinajstić information content (AvgIpc) is 2.91. The summed E-state index contributed by atoms with van der Waals surface area (Å²) in [6, 6.07) is 16.6. The second kappa shape index (κ2) is 11.5. The lowest BCUT2D eigenvalue weighted by atomic mass is 9.74. The zero-order chi connectivity index (χ0) is 29.5. The Labute approximate surface area is 240 Å². The van der Waals surface area contributed by atoms with E-state index in [0.717, 1.165) is 36.2 Å². The molecule has 0 bridgehead atoms. The number of hydrogen-bond acceptors (Lipinski definition) is 5. The van der Waals surface area contributed by atoms with Gasteiger partial charge in [0, 0.05) is 38.2 Å². The van der Waals surface area contributed by atoms with E-state index < -0.39 is 21.9 Å². The van der Waals surface area contributed by atoms with Crippen LogP contribution in [0.4, 0.5) is 13.2 Å². The van der Waals surface area contributed by atoms with Gasteiger partial charge in [0.2, 0.25) is 10.0 Å². The standard InChI is InChI=1S/C31H36F3N3O3S/c1-20-8-7-9-25(21(20)2)23-10-12-24(13-11-23)30-26-18-36(16-5-6-17-37(26)27(30)19-40-4)41(38,39)28-14-15-29(31(32,33)34)35-22(28)3/h7-15,26-27,30H,5-6,16-19H2,1-4H3/t26-,27+,30?/m0/s1. The largest absolute Gasteiger partial charge is 0.433 e. The number of ether oxygens (including phenoxy) is 1. The summed E-state index contributed by atoms with van der Waals surface area (Å²) >= 11 is 0. The number of alkyl halides is 3. The third-order valence-electron chi connectivity index (χ3n) is 8.64. The minimum absolute atomic E-state index is 0.0465. The second-order valence-electron chi connectivity index (χ2n) is 11.1. The van der Waals surface area contributed by atoms with E-state index in [4.69, 9.17) is 4.74 Å². The summed E-state index contributed by atoms with van der Waals surface area (Å²) in [5.74, 6) is 0.0465. The highest BCUT2D eigenvalue weighted by Gasteiger charge is 2.50. The van der Waals surface area contributed by atoms with E-state index in [1.165, 1.54) is 27.9 Å². The lowest BCUT2D eigenvalue weighted by Gasteiger charge is -2.57. The van der Waals surface area contributed by atoms with Crippen molar-refractivity contribution in [3.8, 4) is 11.1 Å². The van der Waals surface area contributed by atoms with Crippen molar-refractivity contribution in [1.29, 1.82) is 0 Å². The molecule has 41 heavy (non-hydrogen) atoms. The molecule has 0 N–H and O–H groups in total. The molecule has 1 unspecified atom stereocenters. The highest BCUT2D eigenvalue weighted by atomic mass is 32.2. The molecule has 3 aromatic rings. The molecule has 6 nitrogen and oxygen atoms in total. The Morgan fingerprint density at radius 3 is 2.34 bits per heavy atom. The SMILES string of the molecule is COC[C@@H]1C(c2ccc(-c3cccc(C)c3C)cc2)[C@@H]2CN(S(=O)(=O)c3ccc(C(F)(F)F)nc3C)CCCCN12. The molecule has 10 heteroatoms. The van der Waals surface area contributed by atoms with E-state index in [9.17, 15) is 21.6 Å². The minimum atomic E-state index is -4.64. The first-order chi connectivity index (χ1) is 19.4. The molecule has 0 amide bonds. The molecule has 2 saturated heterocycles. The molecule has 220 valence electrons. The van der Waals surface area contributed by atoms with Gasteiger partial charge < -0.3 is 4.74 Å². The van der Waals surface area contributed by atoms with Gasteiger partial charge >= 0.3 is 6.18 Å². The van der Waals surface area contributed by atoms with Crippen LogP contribution in [0.25, 0.3) is 11.1 Å². The van der Waals surface area contributed by atoms with Gasteiger partial charge in [-0.25, -0.2) is 13.4 Å². The maximum absolute atomic E-state index is 13.8. The molecule has 2 aliphatic heterocycles. The van der Waals surface area contributed by atoms with Crippen molar-refractivity contribution >= 4 is 10.0 Å². The van der Waals surface area contributed by atoms with Gasteiger partial charge in [0.05, 0.1) is 12.3 Å². The van der Waals surface area contributed by atoms with Gasteiger partial charge in [0.25, 0.3) is 0 Å². The van der Waals surface area contributed by atoms with Gasteiger partial charge in [-0.05, 0) is 80.1 Å². The first-order valence-corrected chi connectivity index (χ1v) is 15.3. The van der Waals surface area contributed by atoms with E-state index in [1.54, 1.807) is 7.11 Å². The van der Waals surface area contributed by atoms with Crippen LogP contribution >= 0.6 is 0 Å². The minimum Gasteiger partial charge on any atom is -0.383 e. The molecule has 1 aromatic heterocycles. The number of fused-ring (bicyclic) bond motifs is 1. The van der Waals surface area contributed by atoms with Gasteiger partial charge in [0.1, 0.15) is 10.6 Å². The fourth-order valence-corrected chi connectivity index (χ4v) is 8.00. The lowest BCUT2D eigenvalue weighted by Crippen LogP contribution is -2.68. The van der Waals surface area contributed by atoms with E-state index in [1.807, 2.05) is 0 Å². The smallest absolute Gasteiger partial charge is 0.383 e. The van der Waals surface area contributed by atoms with Crippen LogP contribution in [-0.4, -0.2) is 68.0 Å². The Bertz CT molecular complexity index is 1510. The number of methoxy groups -OCH3 is 1. The van der Waals surface area contributed by atoms with Gasteiger partial charge in [0.15, 0.2) is 0 Å². The summed E-state index contributed by atoms with van der Waals surface area (Å²) in [6.45, 7) is 7.44. The summed E-state index contributed by atoms with van der Waals surface area (Å²) in [5, 5.41) is 0. The summed E-state index contributed by atoms with van der Waals surface area (Å²) in [6.07, 6.45) is -3.17. The summed E-state index contributed by atoms with van der Waals surface area (Å²) in [5.41, 5.74) is 4.65. The molecule has 3 atom stereocenters. The highest BCUT2D eigenvalue weighted by Crippen LogP contribution is 2.43. The van der Waals surface area contributed by atoms with Crippen molar-refractivity contribution in [2.75, 3.05) is 33.4 Å². The fourth-order valence-electron chi connectivity index (χ4n) is 6.35. The van der Waals surface area contributed by atoms with Crippen LogP contribution in [0.1, 0.15) is 46.8 Å². The molecule has 2 aromatic carbocycles. The maximum Gasteiger partial charge on any atom is 0.433 e. The number of benzene rings is 2. The van der Waals surface area contributed by atoms with E-state index in [0.29, 0.717) is 19.6 Å². The Kier molecular flexibility index (Phi) is 8.31. The molecule has 0 spiro atoms. The van der Waals surface area contributed by atoms with Crippen LogP contribution in [0, 0.1) is 20.8 Å². The first kappa shape index (κ1) is 29.7. The normalized spacial score (nSPS) is 22.5. The van der Waals surface area contributed by atoms with E-state index in [-0.39, 0.29) is 35.1 Å². The monoisotopic (exact) mass is 587 g/mol. The van der Waals surface area contributed by atoms with Gasteiger partial charge in [-0.2, -0.15) is 17.5 Å². The summed E-state index contributed by atoms with van der Waals surface area (Å²) in [4.78, 5) is 5.73. The molecule has 2 fully saturated rings. The molecule has 0 radical (unpaired) electrons. The van der Waals surface area contributed by atoms with Crippen LogP contribution < -0.4 is 0 Å². The molecule has 0 aliphatic carbocycles. The Morgan fingerprint density at radius 2 is 1.68 bits per heavy atom. The molecular formula is C31H36F3N3O3S. The predicted molar refractivity (Wildman–Crippen MR) is 152 cm³/mol. The quantitative estimate of drug-likeness (QED) is 0.356. The number of nitrogens with zero attached hydrogens (tertiary/aromatic N) is 3. The predicted octanol–water partition coefficient (Wildman–Crippen LogP) is 5.96. The topological polar surface area (TPSA) is 62.7 Å². The van der Waals surface area contributed by atoms with Crippen molar-refractivity contribution in [1.82, 2.24) is 14.2 Å². The number of hydrogen-bond donors (Lipinski definition) is 0. The molecular weight excluding hydrogens is 551 g/mol. The second-order valence-corrected chi connectivity index (χ2v) is 13.0. The number of aromatic nitrogens is 1. The van der Waals surface area contributed by atoms with Crippen LogP contribution in [0.15, 0.2) is 59.5 Å². The summed E-state index contributed by atoms with van der Waals surface area (Å²) in [7, 11) is -2.38. The van der Waals surface area contributed by atoms with Gasteiger partial charge in [-0.15, -0.1) is 0 Å². The van der Waals surface area contributed by atoms with Crippen LogP contribution in [0.5, 0.6) is 0 Å². The van der Waals surface area contributed by atoms with Crippen LogP contribution in [0.2, 0.25) is 0 Å². The third-order valence-corrected chi connectivity index (χ3v) is 10.6. The molecule has 2 aliphatic rings. The zero-order valence-corrected chi connectivity index (χ0v) is 24.6. The van der Waals surface area contributed by atoms with Crippen molar-refractivity contribution < 1.29 is 26.3 Å². The maximum atomic E-state index is 13.8. The van der Waals surface area contributed by atoms with Crippen LogP contribution in [-0.2, 0) is 20.9 Å². The van der Waals surface area contributed by atoms with Crippen molar-refractivity contribution in [2.45, 2.75) is 62.7 Å². The summed E-state index contributed by atoms with van der Waals surface area (Å²) < 4.78 is 74.1. The van der Waals surface area contributed by atoms with Gasteiger partial charge in [-0.1, -0.05) is 42.5 Å². The zero-order valence-electron chi connectivity index (χ0n) is 23.8. The lowest BCUT2D eigenvalue weighted by molar-refractivity contribution is -0.141. The number of pyridine rings is 1. The Morgan fingerprint density at radius 1 is 0.976 bits per heavy atom. The molecule has 3 heterocycles. The van der Waals surface area contributed by atoms with Crippen molar-refractivity contribution in [3.63, 3.8) is 0 Å². The number of aryl methyl sites for hydroxylation is 2. The number of rotatable bonds is 6. The van der Waals surface area contributed by atoms with E-state index >= 15 is 0 Å². The molecule has 5 rings (SSSR count). The average molecular weight is 588 g/mol. The fraction of sp³-hybridized carbons (Fsp3) is 0.452.